The molecule has 1 rings (SSSR count). The van der Waals surface area contributed by atoms with Crippen LogP contribution in [0.2, 0.25) is 0 Å². The quantitative estimate of drug-likeness (QED) is 0.776. The smallest absolute Gasteiger partial charge is 0.303 e. The van der Waals surface area contributed by atoms with E-state index < -0.39 is 30.0 Å². The molecule has 2 N–H and O–H groups in total. The Labute approximate surface area is 99.4 Å². The molecule has 0 amide bonds. The fourth-order valence-corrected chi connectivity index (χ4v) is 2.67. The van der Waals surface area contributed by atoms with Gasteiger partial charge < -0.3 is 9.79 Å². The van der Waals surface area contributed by atoms with E-state index in [1.165, 1.54) is 12.1 Å². The molecule has 0 aliphatic rings. The van der Waals surface area contributed by atoms with Crippen molar-refractivity contribution in [2.75, 3.05) is 12.4 Å². The molecule has 0 heterocycles. The Morgan fingerprint density at radius 2 is 1.76 bits per heavy atom. The molecule has 0 saturated heterocycles. The Balaban J connectivity index is 2.70. The van der Waals surface area contributed by atoms with Crippen LogP contribution in [0.25, 0.3) is 0 Å². The van der Waals surface area contributed by atoms with Crippen molar-refractivity contribution in [1.29, 1.82) is 0 Å². The van der Waals surface area contributed by atoms with E-state index in [-0.39, 0.29) is 4.90 Å². The summed E-state index contributed by atoms with van der Waals surface area (Å²) in [5, 5.41) is 0. The van der Waals surface area contributed by atoms with Crippen molar-refractivity contribution in [2.45, 2.75) is 11.8 Å². The van der Waals surface area contributed by atoms with Crippen LogP contribution < -0.4 is 0 Å². The minimum atomic E-state index is -4.62. The summed E-state index contributed by atoms with van der Waals surface area (Å²) in [6.07, 6.45) is 0. The fraction of sp³-hybridized carbons (Fsp3) is 0.333. The third-order valence-corrected chi connectivity index (χ3v) is 4.21. The van der Waals surface area contributed by atoms with Crippen LogP contribution in [0.5, 0.6) is 0 Å². The van der Waals surface area contributed by atoms with Crippen molar-refractivity contribution in [1.82, 2.24) is 0 Å². The Hall–Kier alpha value is -0.720. The highest BCUT2D eigenvalue weighted by molar-refractivity contribution is 7.91. The van der Waals surface area contributed by atoms with Crippen molar-refractivity contribution in [3.8, 4) is 0 Å². The first kappa shape index (κ1) is 14.3. The normalized spacial score (nSPS) is 12.6. The average molecular weight is 280 g/mol. The SMILES string of the molecule is Cc1ccc(S(=O)(=O)CCOP(=O)(O)O)cc1. The van der Waals surface area contributed by atoms with E-state index in [0.717, 1.165) is 5.56 Å². The van der Waals surface area contributed by atoms with Gasteiger partial charge in [0.25, 0.3) is 0 Å². The van der Waals surface area contributed by atoms with Gasteiger partial charge in [0.05, 0.1) is 17.3 Å². The minimum absolute atomic E-state index is 0.109. The molecule has 96 valence electrons. The highest BCUT2D eigenvalue weighted by Crippen LogP contribution is 2.35. The number of rotatable bonds is 5. The van der Waals surface area contributed by atoms with Crippen LogP contribution in [-0.2, 0) is 18.9 Å². The number of hydrogen-bond acceptors (Lipinski definition) is 4. The van der Waals surface area contributed by atoms with Gasteiger partial charge in [0.1, 0.15) is 0 Å². The lowest BCUT2D eigenvalue weighted by Gasteiger charge is -2.06. The molecule has 0 radical (unpaired) electrons. The van der Waals surface area contributed by atoms with Crippen LogP contribution in [0.3, 0.4) is 0 Å². The van der Waals surface area contributed by atoms with Gasteiger partial charge in [-0.05, 0) is 19.1 Å². The second-order valence-electron chi connectivity index (χ2n) is 3.46. The van der Waals surface area contributed by atoms with Gasteiger partial charge in [0.15, 0.2) is 9.84 Å². The molecule has 6 nitrogen and oxygen atoms in total. The Morgan fingerprint density at radius 3 is 2.24 bits per heavy atom. The van der Waals surface area contributed by atoms with Crippen LogP contribution in [-0.4, -0.2) is 30.6 Å². The van der Waals surface area contributed by atoms with E-state index in [9.17, 15) is 13.0 Å². The third kappa shape index (κ3) is 4.97. The molecule has 0 bridgehead atoms. The zero-order valence-corrected chi connectivity index (χ0v) is 10.8. The lowest BCUT2D eigenvalue weighted by atomic mass is 10.2. The fourth-order valence-electron chi connectivity index (χ4n) is 1.13. The van der Waals surface area contributed by atoms with Crippen LogP contribution in [0.15, 0.2) is 29.2 Å². The monoisotopic (exact) mass is 280 g/mol. The van der Waals surface area contributed by atoms with Crippen molar-refractivity contribution < 1.29 is 27.3 Å². The van der Waals surface area contributed by atoms with Gasteiger partial charge in [-0.3, -0.25) is 4.52 Å². The third-order valence-electron chi connectivity index (χ3n) is 1.99. The predicted molar refractivity (Wildman–Crippen MR) is 61.2 cm³/mol. The summed E-state index contributed by atoms with van der Waals surface area (Å²) in [5.74, 6) is -0.471. The van der Waals surface area contributed by atoms with Crippen molar-refractivity contribution in [3.63, 3.8) is 0 Å². The molecule has 0 atom stereocenters. The predicted octanol–water partition coefficient (Wildman–Crippen LogP) is 0.878. The summed E-state index contributed by atoms with van der Waals surface area (Å²) in [4.78, 5) is 16.9. The molecular formula is C9H13O6PS. The zero-order chi connectivity index (χ0) is 13.1. The van der Waals surface area contributed by atoms with Crippen LogP contribution in [0.1, 0.15) is 5.56 Å². The first-order valence-electron chi connectivity index (χ1n) is 4.70. The van der Waals surface area contributed by atoms with E-state index in [0.29, 0.717) is 0 Å². The molecular weight excluding hydrogens is 267 g/mol. The molecule has 0 spiro atoms. The van der Waals surface area contributed by atoms with Gasteiger partial charge >= 0.3 is 7.82 Å². The Kier molecular flexibility index (Phi) is 4.46. The summed E-state index contributed by atoms with van der Waals surface area (Å²) >= 11 is 0. The molecule has 0 aliphatic heterocycles. The van der Waals surface area contributed by atoms with E-state index >= 15 is 0 Å². The zero-order valence-electron chi connectivity index (χ0n) is 9.11. The summed E-state index contributed by atoms with van der Waals surface area (Å²) in [5.41, 5.74) is 0.926. The number of phosphoric acid groups is 1. The van der Waals surface area contributed by atoms with Gasteiger partial charge in [0, 0.05) is 0 Å². The summed E-state index contributed by atoms with van der Waals surface area (Å²) in [6.45, 7) is 1.29. The van der Waals surface area contributed by atoms with Crippen molar-refractivity contribution in [2.24, 2.45) is 0 Å². The lowest BCUT2D eigenvalue weighted by molar-refractivity contribution is 0.207. The molecule has 0 saturated carbocycles. The molecule has 8 heteroatoms. The number of benzene rings is 1. The van der Waals surface area contributed by atoms with Crippen LogP contribution in [0.4, 0.5) is 0 Å². The van der Waals surface area contributed by atoms with Crippen LogP contribution in [0, 0.1) is 6.92 Å². The lowest BCUT2D eigenvalue weighted by Crippen LogP contribution is -2.11. The standard InChI is InChI=1S/C9H13O6PS/c1-8-2-4-9(5-3-8)17(13,14)7-6-15-16(10,11)12/h2-5H,6-7H2,1H3,(H2,10,11,12). The molecule has 17 heavy (non-hydrogen) atoms. The Morgan fingerprint density at radius 1 is 1.24 bits per heavy atom. The maximum atomic E-state index is 11.7. The molecule has 0 aromatic heterocycles. The summed E-state index contributed by atoms with van der Waals surface area (Å²) < 4.78 is 37.9. The van der Waals surface area contributed by atoms with Gasteiger partial charge in [-0.25, -0.2) is 13.0 Å². The Bertz CT molecular complexity index is 515. The molecule has 0 aliphatic carbocycles. The number of phosphoric ester groups is 1. The molecule has 1 aromatic rings. The molecule has 1 aromatic carbocycles. The van der Waals surface area contributed by atoms with E-state index in [1.54, 1.807) is 12.1 Å². The first-order valence-corrected chi connectivity index (χ1v) is 7.88. The number of aryl methyl sites for hydroxylation is 1. The second kappa shape index (κ2) is 5.29. The van der Waals surface area contributed by atoms with E-state index in [4.69, 9.17) is 9.79 Å². The largest absolute Gasteiger partial charge is 0.469 e. The van der Waals surface area contributed by atoms with Gasteiger partial charge in [-0.2, -0.15) is 0 Å². The van der Waals surface area contributed by atoms with Crippen LogP contribution >= 0.6 is 7.82 Å². The van der Waals surface area contributed by atoms with Gasteiger partial charge in [-0.1, -0.05) is 17.7 Å². The highest BCUT2D eigenvalue weighted by Gasteiger charge is 2.18. The van der Waals surface area contributed by atoms with Crippen molar-refractivity contribution in [3.05, 3.63) is 29.8 Å². The van der Waals surface area contributed by atoms with Gasteiger partial charge in [0.2, 0.25) is 0 Å². The number of hydrogen-bond donors (Lipinski definition) is 2. The number of sulfone groups is 1. The summed E-state index contributed by atoms with van der Waals surface area (Å²) in [7, 11) is -8.18. The van der Waals surface area contributed by atoms with E-state index in [2.05, 4.69) is 4.52 Å². The van der Waals surface area contributed by atoms with Gasteiger partial charge in [-0.15, -0.1) is 0 Å². The summed E-state index contributed by atoms with van der Waals surface area (Å²) in [6, 6.07) is 6.19. The van der Waals surface area contributed by atoms with Crippen molar-refractivity contribution >= 4 is 17.7 Å². The molecule has 0 fully saturated rings. The first-order chi connectivity index (χ1) is 7.71. The average Bonchev–Trinajstić information content (AvgIpc) is 2.15. The highest BCUT2D eigenvalue weighted by atomic mass is 32.2. The van der Waals surface area contributed by atoms with E-state index in [1.807, 2.05) is 6.92 Å². The molecule has 0 unspecified atom stereocenters. The topological polar surface area (TPSA) is 101 Å². The maximum absolute atomic E-state index is 11.7. The minimum Gasteiger partial charge on any atom is -0.303 e. The maximum Gasteiger partial charge on any atom is 0.469 e. The second-order valence-corrected chi connectivity index (χ2v) is 6.80.